The Bertz CT molecular complexity index is 1240. The maximum Gasteiger partial charge on any atom is 0.123 e. The van der Waals surface area contributed by atoms with E-state index in [0.29, 0.717) is 5.75 Å². The molecule has 3 heterocycles. The van der Waals surface area contributed by atoms with Gasteiger partial charge in [-0.25, -0.2) is 4.39 Å². The molecule has 4 nitrogen and oxygen atoms in total. The van der Waals surface area contributed by atoms with Gasteiger partial charge in [0.15, 0.2) is 0 Å². The fourth-order valence-corrected chi connectivity index (χ4v) is 5.17. The van der Waals surface area contributed by atoms with Gasteiger partial charge >= 0.3 is 0 Å². The minimum atomic E-state index is -0.956. The topological polar surface area (TPSA) is 49.0 Å². The third-order valence-corrected chi connectivity index (χ3v) is 6.87. The number of aromatic amines is 1. The molecule has 0 aliphatic carbocycles. The summed E-state index contributed by atoms with van der Waals surface area (Å²) < 4.78 is 25.9. The zero-order valence-electron chi connectivity index (χ0n) is 16.4. The number of anilines is 1. The van der Waals surface area contributed by atoms with E-state index in [2.05, 4.69) is 27.0 Å². The van der Waals surface area contributed by atoms with Crippen LogP contribution < -0.4 is 4.90 Å². The van der Waals surface area contributed by atoms with Crippen LogP contribution in [-0.2, 0) is 10.8 Å². The van der Waals surface area contributed by atoms with E-state index in [1.165, 1.54) is 12.1 Å². The maximum atomic E-state index is 13.5. The number of rotatable bonds is 3. The predicted octanol–water partition coefficient (Wildman–Crippen LogP) is 5.11. The first-order valence-electron chi connectivity index (χ1n) is 9.73. The number of halogens is 1. The minimum Gasteiger partial charge on any atom is -0.373 e. The first-order valence-corrected chi connectivity index (χ1v) is 11.1. The molecule has 0 saturated carbocycles. The van der Waals surface area contributed by atoms with Crippen LogP contribution in [0, 0.1) is 5.82 Å². The quantitative estimate of drug-likeness (QED) is 0.504. The van der Waals surface area contributed by atoms with Crippen molar-refractivity contribution in [2.24, 2.45) is 0 Å². The number of H-pyrrole nitrogens is 1. The van der Waals surface area contributed by atoms with Crippen LogP contribution in [0.3, 0.4) is 0 Å². The van der Waals surface area contributed by atoms with Crippen LogP contribution in [0.25, 0.3) is 33.6 Å². The van der Waals surface area contributed by atoms with Crippen LogP contribution in [0.5, 0.6) is 0 Å². The van der Waals surface area contributed by atoms with Crippen molar-refractivity contribution in [3.63, 3.8) is 0 Å². The van der Waals surface area contributed by atoms with Crippen molar-refractivity contribution in [3.05, 3.63) is 78.9 Å². The molecular formula is C24H20FN3OS. The lowest BCUT2D eigenvalue weighted by Crippen LogP contribution is -2.29. The second-order valence-corrected chi connectivity index (χ2v) is 8.91. The summed E-state index contributed by atoms with van der Waals surface area (Å²) >= 11 is 0. The molecule has 0 saturated heterocycles. The van der Waals surface area contributed by atoms with E-state index in [0.717, 1.165) is 50.8 Å². The molecule has 0 spiro atoms. The first kappa shape index (κ1) is 18.8. The lowest BCUT2D eigenvalue weighted by molar-refractivity contribution is 0.628. The Balaban J connectivity index is 1.66. The van der Waals surface area contributed by atoms with Crippen molar-refractivity contribution in [1.82, 2.24) is 9.97 Å². The highest BCUT2D eigenvalue weighted by Gasteiger charge is 2.21. The number of nitrogens with zero attached hydrogens (tertiary/aromatic N) is 2. The van der Waals surface area contributed by atoms with Gasteiger partial charge in [-0.3, -0.25) is 9.19 Å². The van der Waals surface area contributed by atoms with Gasteiger partial charge in [0, 0.05) is 48.6 Å². The zero-order valence-corrected chi connectivity index (χ0v) is 17.2. The molecule has 150 valence electrons. The summed E-state index contributed by atoms with van der Waals surface area (Å²) in [5, 5.41) is 0. The molecule has 1 aliphatic heterocycles. The number of pyridine rings is 1. The number of hydrogen-bond acceptors (Lipinski definition) is 3. The summed E-state index contributed by atoms with van der Waals surface area (Å²) in [6, 6.07) is 18.6. The van der Waals surface area contributed by atoms with Gasteiger partial charge in [0.2, 0.25) is 0 Å². The second-order valence-electron chi connectivity index (χ2n) is 7.37. The maximum absolute atomic E-state index is 13.5. The number of aromatic nitrogens is 2. The van der Waals surface area contributed by atoms with Gasteiger partial charge in [0.1, 0.15) is 5.82 Å². The fraction of sp³-hybridized carbons (Fsp3) is 0.125. The molecule has 0 fully saturated rings. The highest BCUT2D eigenvalue weighted by molar-refractivity contribution is 7.85. The summed E-state index contributed by atoms with van der Waals surface area (Å²) in [4.78, 5) is 10.7. The summed E-state index contributed by atoms with van der Waals surface area (Å²) in [5.41, 5.74) is 6.85. The summed E-state index contributed by atoms with van der Waals surface area (Å²) in [5.74, 6) is 0.397. The van der Waals surface area contributed by atoms with Crippen molar-refractivity contribution in [2.75, 3.05) is 24.2 Å². The van der Waals surface area contributed by atoms with Gasteiger partial charge in [-0.15, -0.1) is 0 Å². The molecule has 1 unspecified atom stereocenters. The lowest BCUT2D eigenvalue weighted by Gasteiger charge is -2.27. The standard InChI is InChI=1S/C24H20FN3OS/c1-28-12-13-30(29)23-7-4-18(14-22(23)28)21-15-20(16-8-10-26-11-9-16)24(27-21)17-2-5-19(25)6-3-17/h2-11,14-15,27H,12-13H2,1H3. The Kier molecular flexibility index (Phi) is 4.71. The molecule has 1 aliphatic rings. The minimum absolute atomic E-state index is 0.262. The van der Waals surface area contributed by atoms with Gasteiger partial charge in [0.05, 0.1) is 27.1 Å². The number of nitrogens with one attached hydrogen (secondary N) is 1. The van der Waals surface area contributed by atoms with Gasteiger partial charge in [0.25, 0.3) is 0 Å². The van der Waals surface area contributed by atoms with E-state index in [9.17, 15) is 8.60 Å². The number of benzene rings is 2. The average Bonchev–Trinajstić information content (AvgIpc) is 3.23. The van der Waals surface area contributed by atoms with Gasteiger partial charge < -0.3 is 9.88 Å². The van der Waals surface area contributed by atoms with E-state index < -0.39 is 10.8 Å². The Hall–Kier alpha value is -3.25. The molecule has 4 aromatic rings. The van der Waals surface area contributed by atoms with Crippen molar-refractivity contribution >= 4 is 16.5 Å². The molecule has 5 rings (SSSR count). The molecule has 30 heavy (non-hydrogen) atoms. The Morgan fingerprint density at radius 3 is 2.47 bits per heavy atom. The van der Waals surface area contributed by atoms with Gasteiger partial charge in [-0.05, 0) is 65.7 Å². The largest absolute Gasteiger partial charge is 0.373 e. The molecule has 2 aromatic carbocycles. The molecule has 0 amide bonds. The van der Waals surface area contributed by atoms with Crippen molar-refractivity contribution in [1.29, 1.82) is 0 Å². The Morgan fingerprint density at radius 1 is 0.967 bits per heavy atom. The summed E-state index contributed by atoms with van der Waals surface area (Å²) in [6.45, 7) is 0.775. The monoisotopic (exact) mass is 417 g/mol. The Morgan fingerprint density at radius 2 is 1.70 bits per heavy atom. The Labute approximate surface area is 176 Å². The molecule has 0 radical (unpaired) electrons. The van der Waals surface area contributed by atoms with Crippen molar-refractivity contribution in [3.8, 4) is 33.6 Å². The van der Waals surface area contributed by atoms with Crippen molar-refractivity contribution in [2.45, 2.75) is 4.90 Å². The highest BCUT2D eigenvalue weighted by Crippen LogP contribution is 2.38. The third kappa shape index (κ3) is 3.33. The molecule has 1 N–H and O–H groups in total. The van der Waals surface area contributed by atoms with Crippen molar-refractivity contribution < 1.29 is 8.60 Å². The fourth-order valence-electron chi connectivity index (χ4n) is 3.84. The van der Waals surface area contributed by atoms with Crippen LogP contribution in [-0.4, -0.2) is 33.5 Å². The number of fused-ring (bicyclic) bond motifs is 1. The number of hydrogen-bond donors (Lipinski definition) is 1. The second kappa shape index (κ2) is 7.54. The summed E-state index contributed by atoms with van der Waals surface area (Å²) in [7, 11) is 1.07. The van der Waals surface area contributed by atoms with Gasteiger partial charge in [-0.1, -0.05) is 6.07 Å². The molecule has 6 heteroatoms. The molecule has 1 atom stereocenters. The van der Waals surface area contributed by atoms with Gasteiger partial charge in [-0.2, -0.15) is 0 Å². The van der Waals surface area contributed by atoms with Crippen LogP contribution in [0.4, 0.5) is 10.1 Å². The molecule has 2 aromatic heterocycles. The third-order valence-electron chi connectivity index (χ3n) is 5.48. The van der Waals surface area contributed by atoms with E-state index in [4.69, 9.17) is 0 Å². The first-order chi connectivity index (χ1) is 14.6. The van der Waals surface area contributed by atoms with E-state index >= 15 is 0 Å². The lowest BCUT2D eigenvalue weighted by atomic mass is 10.0. The smallest absolute Gasteiger partial charge is 0.123 e. The highest BCUT2D eigenvalue weighted by atomic mass is 32.2. The van der Waals surface area contributed by atoms with E-state index in [1.807, 2.05) is 31.3 Å². The van der Waals surface area contributed by atoms with Crippen LogP contribution in [0.15, 0.2) is 78.0 Å². The zero-order chi connectivity index (χ0) is 20.7. The summed E-state index contributed by atoms with van der Waals surface area (Å²) in [6.07, 6.45) is 3.53. The molecule has 0 bridgehead atoms. The molecular weight excluding hydrogens is 397 g/mol. The van der Waals surface area contributed by atoms with Crippen LogP contribution in [0.2, 0.25) is 0 Å². The SMILES string of the molecule is CN1CCS(=O)c2ccc(-c3cc(-c4ccncc4)c(-c4ccc(F)cc4)[nH]3)cc21. The predicted molar refractivity (Wildman–Crippen MR) is 119 cm³/mol. The van der Waals surface area contributed by atoms with E-state index in [-0.39, 0.29) is 5.82 Å². The normalized spacial score (nSPS) is 15.8. The van der Waals surface area contributed by atoms with E-state index in [1.54, 1.807) is 24.5 Å². The van der Waals surface area contributed by atoms with Crippen LogP contribution >= 0.6 is 0 Å². The average molecular weight is 418 g/mol. The van der Waals surface area contributed by atoms with Crippen LogP contribution in [0.1, 0.15) is 0 Å².